The van der Waals surface area contributed by atoms with Crippen LogP contribution in [0.15, 0.2) is 24.3 Å². The fraction of sp³-hybridized carbons (Fsp3) is 0.556. The molecular formula is C18H22O. The summed E-state index contributed by atoms with van der Waals surface area (Å²) in [6, 6.07) is 4.61. The van der Waals surface area contributed by atoms with Crippen LogP contribution in [-0.2, 0) is 16.6 Å². The third-order valence-electron chi connectivity index (χ3n) is 5.97. The molecule has 3 aliphatic rings. The Balaban J connectivity index is 2.03. The van der Waals surface area contributed by atoms with Gasteiger partial charge in [0.15, 0.2) is 0 Å². The van der Waals surface area contributed by atoms with Crippen molar-refractivity contribution < 1.29 is 4.74 Å². The van der Waals surface area contributed by atoms with Crippen molar-refractivity contribution in [3.05, 3.63) is 46.5 Å². The van der Waals surface area contributed by atoms with Crippen LogP contribution in [0.5, 0.6) is 0 Å². The maximum atomic E-state index is 6.03. The molecule has 0 unspecified atom stereocenters. The zero-order valence-electron chi connectivity index (χ0n) is 12.0. The summed E-state index contributed by atoms with van der Waals surface area (Å²) in [7, 11) is 0. The molecule has 1 aromatic carbocycles. The largest absolute Gasteiger partial charge is 0.380 e. The lowest BCUT2D eigenvalue weighted by Gasteiger charge is -2.51. The van der Waals surface area contributed by atoms with Crippen LogP contribution < -0.4 is 0 Å². The maximum absolute atomic E-state index is 6.03. The van der Waals surface area contributed by atoms with Gasteiger partial charge in [-0.05, 0) is 61.8 Å². The van der Waals surface area contributed by atoms with Crippen LogP contribution in [0.3, 0.4) is 0 Å². The van der Waals surface area contributed by atoms with Crippen LogP contribution in [0.2, 0.25) is 0 Å². The summed E-state index contributed by atoms with van der Waals surface area (Å²) < 4.78 is 6.03. The standard InChI is InChI=1S/C18H22O/c1-13-5-6-14(2)16-15(13)7-10-17-8-3-4-9-18(16,17)12-19-11-17/h3-6H,7-12H2,1-2H3/t17-,18-/m0/s1. The van der Waals surface area contributed by atoms with Crippen LogP contribution >= 0.6 is 0 Å². The Morgan fingerprint density at radius 3 is 2.68 bits per heavy atom. The van der Waals surface area contributed by atoms with Gasteiger partial charge in [-0.15, -0.1) is 0 Å². The molecule has 1 aromatic rings. The molecule has 0 saturated carbocycles. The summed E-state index contributed by atoms with van der Waals surface area (Å²) in [5.74, 6) is 0. The molecule has 0 aromatic heterocycles. The summed E-state index contributed by atoms with van der Waals surface area (Å²) in [5.41, 5.74) is 6.87. The zero-order chi connectivity index (χ0) is 13.1. The topological polar surface area (TPSA) is 9.23 Å². The fourth-order valence-electron chi connectivity index (χ4n) is 4.91. The van der Waals surface area contributed by atoms with E-state index in [0.717, 1.165) is 13.2 Å². The van der Waals surface area contributed by atoms with Gasteiger partial charge in [0.25, 0.3) is 0 Å². The first-order valence-corrected chi connectivity index (χ1v) is 7.51. The molecule has 1 heterocycles. The number of hydrogen-bond acceptors (Lipinski definition) is 1. The van der Waals surface area contributed by atoms with Gasteiger partial charge in [-0.1, -0.05) is 24.3 Å². The molecule has 100 valence electrons. The van der Waals surface area contributed by atoms with E-state index in [4.69, 9.17) is 4.74 Å². The van der Waals surface area contributed by atoms with Gasteiger partial charge in [0.2, 0.25) is 0 Å². The van der Waals surface area contributed by atoms with E-state index in [0.29, 0.717) is 5.41 Å². The Kier molecular flexibility index (Phi) is 2.30. The number of allylic oxidation sites excluding steroid dienone is 2. The average Bonchev–Trinajstić information content (AvgIpc) is 2.82. The molecule has 1 nitrogen and oxygen atoms in total. The van der Waals surface area contributed by atoms with Gasteiger partial charge in [-0.2, -0.15) is 0 Å². The monoisotopic (exact) mass is 254 g/mol. The van der Waals surface area contributed by atoms with Gasteiger partial charge in [-0.3, -0.25) is 0 Å². The third-order valence-corrected chi connectivity index (χ3v) is 5.97. The SMILES string of the molecule is Cc1ccc(C)c2c1CC[C@]13CC=CC[C@]21COC3. The lowest BCUT2D eigenvalue weighted by atomic mass is 9.50. The minimum Gasteiger partial charge on any atom is -0.380 e. The van der Waals surface area contributed by atoms with E-state index in [1.165, 1.54) is 36.8 Å². The van der Waals surface area contributed by atoms with Gasteiger partial charge >= 0.3 is 0 Å². The van der Waals surface area contributed by atoms with Gasteiger partial charge in [-0.25, -0.2) is 0 Å². The summed E-state index contributed by atoms with van der Waals surface area (Å²) in [6.45, 7) is 6.45. The molecule has 2 atom stereocenters. The second-order valence-electron chi connectivity index (χ2n) is 6.79. The molecule has 1 aliphatic heterocycles. The molecule has 0 radical (unpaired) electrons. The predicted octanol–water partition coefficient (Wildman–Crippen LogP) is 3.85. The minimum atomic E-state index is 0.269. The lowest BCUT2D eigenvalue weighted by Crippen LogP contribution is -2.50. The minimum absolute atomic E-state index is 0.269. The molecule has 0 spiro atoms. The number of ether oxygens (including phenoxy) is 1. The number of hydrogen-bond donors (Lipinski definition) is 0. The lowest BCUT2D eigenvalue weighted by molar-refractivity contribution is 0.125. The summed E-state index contributed by atoms with van der Waals surface area (Å²) in [4.78, 5) is 0. The Bertz CT molecular complexity index is 571. The van der Waals surface area contributed by atoms with Crippen molar-refractivity contribution in [3.63, 3.8) is 0 Å². The van der Waals surface area contributed by atoms with Crippen molar-refractivity contribution in [1.82, 2.24) is 0 Å². The summed E-state index contributed by atoms with van der Waals surface area (Å²) >= 11 is 0. The maximum Gasteiger partial charge on any atom is 0.0572 e. The van der Waals surface area contributed by atoms with Crippen molar-refractivity contribution in [2.75, 3.05) is 13.2 Å². The van der Waals surface area contributed by atoms with Crippen molar-refractivity contribution >= 4 is 0 Å². The molecule has 4 rings (SSSR count). The number of fused-ring (bicyclic) bond motifs is 1. The van der Waals surface area contributed by atoms with E-state index < -0.39 is 0 Å². The Labute approximate surface area is 115 Å². The highest BCUT2D eigenvalue weighted by atomic mass is 16.5. The molecule has 1 heteroatoms. The Hall–Kier alpha value is -1.08. The highest BCUT2D eigenvalue weighted by molar-refractivity contribution is 5.50. The van der Waals surface area contributed by atoms with Gasteiger partial charge in [0.1, 0.15) is 0 Å². The van der Waals surface area contributed by atoms with E-state index in [-0.39, 0.29) is 5.41 Å². The first kappa shape index (κ1) is 11.7. The van der Waals surface area contributed by atoms with E-state index in [2.05, 4.69) is 38.1 Å². The predicted molar refractivity (Wildman–Crippen MR) is 77.5 cm³/mol. The first-order valence-electron chi connectivity index (χ1n) is 7.51. The smallest absolute Gasteiger partial charge is 0.0572 e. The number of rotatable bonds is 0. The molecule has 2 aliphatic carbocycles. The van der Waals surface area contributed by atoms with Crippen LogP contribution in [0.25, 0.3) is 0 Å². The molecular weight excluding hydrogens is 232 g/mol. The van der Waals surface area contributed by atoms with Crippen molar-refractivity contribution in [2.24, 2.45) is 5.41 Å². The van der Waals surface area contributed by atoms with E-state index in [1.54, 1.807) is 11.1 Å². The normalized spacial score (nSPS) is 35.7. The highest BCUT2D eigenvalue weighted by Crippen LogP contribution is 2.60. The van der Waals surface area contributed by atoms with Crippen LogP contribution in [-0.4, -0.2) is 13.2 Å². The van der Waals surface area contributed by atoms with Crippen LogP contribution in [0.4, 0.5) is 0 Å². The molecule has 0 bridgehead atoms. The van der Waals surface area contributed by atoms with Crippen LogP contribution in [0.1, 0.15) is 41.5 Å². The zero-order valence-corrected chi connectivity index (χ0v) is 12.0. The first-order chi connectivity index (χ1) is 9.19. The van der Waals surface area contributed by atoms with Crippen molar-refractivity contribution in [3.8, 4) is 0 Å². The van der Waals surface area contributed by atoms with E-state index >= 15 is 0 Å². The van der Waals surface area contributed by atoms with Crippen molar-refractivity contribution in [2.45, 2.75) is 44.9 Å². The number of benzene rings is 1. The van der Waals surface area contributed by atoms with E-state index in [9.17, 15) is 0 Å². The third kappa shape index (κ3) is 1.30. The van der Waals surface area contributed by atoms with Gasteiger partial charge in [0, 0.05) is 10.8 Å². The summed E-state index contributed by atoms with van der Waals surface area (Å²) in [5, 5.41) is 0. The Morgan fingerprint density at radius 2 is 1.79 bits per heavy atom. The summed E-state index contributed by atoms with van der Waals surface area (Å²) in [6.07, 6.45) is 9.70. The fourth-order valence-corrected chi connectivity index (χ4v) is 4.91. The van der Waals surface area contributed by atoms with Crippen molar-refractivity contribution in [1.29, 1.82) is 0 Å². The Morgan fingerprint density at radius 1 is 1.00 bits per heavy atom. The quantitative estimate of drug-likeness (QED) is 0.639. The molecule has 0 amide bonds. The van der Waals surface area contributed by atoms with Gasteiger partial charge in [0.05, 0.1) is 13.2 Å². The highest BCUT2D eigenvalue weighted by Gasteiger charge is 2.59. The second kappa shape index (κ2) is 3.73. The second-order valence-corrected chi connectivity index (χ2v) is 6.79. The van der Waals surface area contributed by atoms with Crippen LogP contribution in [0, 0.1) is 19.3 Å². The van der Waals surface area contributed by atoms with E-state index in [1.807, 2.05) is 0 Å². The average molecular weight is 254 g/mol. The molecule has 19 heavy (non-hydrogen) atoms. The molecule has 1 fully saturated rings. The molecule has 0 N–H and O–H groups in total. The number of aryl methyl sites for hydroxylation is 2. The van der Waals surface area contributed by atoms with Gasteiger partial charge < -0.3 is 4.74 Å². The molecule has 1 saturated heterocycles.